The first-order chi connectivity index (χ1) is 5.25. The maximum atomic E-state index is 10.9. The Morgan fingerprint density at radius 2 is 2.00 bits per heavy atom. The molecule has 0 saturated heterocycles. The Hall–Kier alpha value is -0.510. The molecule has 0 heterocycles. The number of hydrogen-bond acceptors (Lipinski definition) is 3. The first-order valence-electron chi connectivity index (χ1n) is 3.12. The number of methoxy groups -OCH3 is 1. The Kier molecular flexibility index (Phi) is 4.97. The maximum Gasteiger partial charge on any atom is 0.341 e. The van der Waals surface area contributed by atoms with E-state index in [1.807, 2.05) is 0 Å². The molecule has 3 nitrogen and oxygen atoms in total. The monoisotopic (exact) mass is 175 g/mol. The molecule has 0 bridgehead atoms. The van der Waals surface area contributed by atoms with Gasteiger partial charge < -0.3 is 9.84 Å². The van der Waals surface area contributed by atoms with Gasteiger partial charge in [-0.1, -0.05) is 12.1 Å². The second-order valence-corrected chi connectivity index (χ2v) is 2.01. The Balaban J connectivity index is 0.00000121. The minimum Gasteiger partial charge on any atom is -0.507 e. The van der Waals surface area contributed by atoms with Crippen LogP contribution in [0.25, 0.3) is 0 Å². The second-order valence-electron chi connectivity index (χ2n) is 2.01. The minimum atomic E-state index is -0.525. The van der Waals surface area contributed by atoms with Crippen LogP contribution in [0.2, 0.25) is 0 Å². The number of para-hydroxylation sites is 1. The molecule has 0 unspecified atom stereocenters. The van der Waals surface area contributed by atoms with Crippen molar-refractivity contribution in [2.45, 2.75) is 0 Å². The van der Waals surface area contributed by atoms with Gasteiger partial charge in [-0.3, -0.25) is 0 Å². The van der Waals surface area contributed by atoms with Crippen molar-refractivity contribution in [1.82, 2.24) is 0 Å². The van der Waals surface area contributed by atoms with Crippen LogP contribution in [-0.4, -0.2) is 47.7 Å². The van der Waals surface area contributed by atoms with Crippen LogP contribution in [0.1, 0.15) is 10.4 Å². The molecular formula is C8H8NaO3. The molecule has 59 valence electrons. The molecule has 0 aliphatic carbocycles. The fraction of sp³-hybridized carbons (Fsp3) is 0.125. The molecule has 1 rings (SSSR count). The molecule has 0 atom stereocenters. The van der Waals surface area contributed by atoms with E-state index in [1.54, 1.807) is 12.1 Å². The van der Waals surface area contributed by atoms with Crippen molar-refractivity contribution in [1.29, 1.82) is 0 Å². The molecule has 0 aliphatic heterocycles. The zero-order chi connectivity index (χ0) is 8.27. The van der Waals surface area contributed by atoms with Crippen molar-refractivity contribution >= 4 is 35.5 Å². The summed E-state index contributed by atoms with van der Waals surface area (Å²) in [6.45, 7) is 0. The Bertz CT molecular complexity index is 273. The van der Waals surface area contributed by atoms with Crippen LogP contribution in [0.3, 0.4) is 0 Å². The predicted octanol–water partition coefficient (Wildman–Crippen LogP) is 0.798. The minimum absolute atomic E-state index is 0. The van der Waals surface area contributed by atoms with Crippen LogP contribution in [0.5, 0.6) is 5.75 Å². The van der Waals surface area contributed by atoms with E-state index in [-0.39, 0.29) is 40.9 Å². The van der Waals surface area contributed by atoms with Gasteiger partial charge in [-0.05, 0) is 12.1 Å². The fourth-order valence-corrected chi connectivity index (χ4v) is 0.756. The topological polar surface area (TPSA) is 46.5 Å². The quantitative estimate of drug-likeness (QED) is 0.507. The zero-order valence-electron chi connectivity index (χ0n) is 7.07. The van der Waals surface area contributed by atoms with Gasteiger partial charge in [0.25, 0.3) is 0 Å². The average molecular weight is 175 g/mol. The van der Waals surface area contributed by atoms with Gasteiger partial charge in [0, 0.05) is 29.6 Å². The number of phenolic OH excluding ortho intramolecular Hbond substituents is 1. The molecule has 12 heavy (non-hydrogen) atoms. The van der Waals surface area contributed by atoms with E-state index in [1.165, 1.54) is 19.2 Å². The smallest absolute Gasteiger partial charge is 0.341 e. The first kappa shape index (κ1) is 11.5. The van der Waals surface area contributed by atoms with Crippen LogP contribution in [0.4, 0.5) is 0 Å². The summed E-state index contributed by atoms with van der Waals surface area (Å²) in [5.41, 5.74) is 0.190. The third kappa shape index (κ3) is 2.52. The summed E-state index contributed by atoms with van der Waals surface area (Å²) in [6.07, 6.45) is 0. The summed E-state index contributed by atoms with van der Waals surface area (Å²) in [5, 5.41) is 9.11. The van der Waals surface area contributed by atoms with Gasteiger partial charge in [0.2, 0.25) is 0 Å². The van der Waals surface area contributed by atoms with Crippen molar-refractivity contribution in [2.24, 2.45) is 0 Å². The molecule has 4 heteroatoms. The normalized spacial score (nSPS) is 8.42. The molecule has 1 aromatic rings. The van der Waals surface area contributed by atoms with Crippen molar-refractivity contribution in [3.63, 3.8) is 0 Å². The second kappa shape index (κ2) is 5.19. The van der Waals surface area contributed by atoms with Gasteiger partial charge in [-0.2, -0.15) is 0 Å². The average Bonchev–Trinajstić information content (AvgIpc) is 2.04. The number of carbonyl (C=O) groups excluding carboxylic acids is 1. The SMILES string of the molecule is COC(=O)c1ccccc1O.[Na]. The van der Waals surface area contributed by atoms with E-state index in [4.69, 9.17) is 5.11 Å². The molecule has 0 aliphatic rings. The molecule has 0 amide bonds. The van der Waals surface area contributed by atoms with Gasteiger partial charge >= 0.3 is 5.97 Å². The molecular weight excluding hydrogens is 167 g/mol. The summed E-state index contributed by atoms with van der Waals surface area (Å²) in [7, 11) is 1.27. The van der Waals surface area contributed by atoms with Gasteiger partial charge in [0.15, 0.2) is 0 Å². The van der Waals surface area contributed by atoms with Crippen LogP contribution < -0.4 is 0 Å². The fourth-order valence-electron chi connectivity index (χ4n) is 0.756. The van der Waals surface area contributed by atoms with Crippen LogP contribution in [0.15, 0.2) is 24.3 Å². The van der Waals surface area contributed by atoms with E-state index in [9.17, 15) is 4.79 Å². The number of aromatic hydroxyl groups is 1. The summed E-state index contributed by atoms with van der Waals surface area (Å²) < 4.78 is 4.42. The summed E-state index contributed by atoms with van der Waals surface area (Å²) in [5.74, 6) is -0.581. The zero-order valence-corrected chi connectivity index (χ0v) is 9.07. The molecule has 0 saturated carbocycles. The molecule has 0 aromatic heterocycles. The Morgan fingerprint density at radius 3 is 2.50 bits per heavy atom. The van der Waals surface area contributed by atoms with Gasteiger partial charge in [-0.25, -0.2) is 4.79 Å². The third-order valence-corrected chi connectivity index (χ3v) is 1.31. The Morgan fingerprint density at radius 1 is 1.42 bits per heavy atom. The van der Waals surface area contributed by atoms with E-state index in [0.29, 0.717) is 0 Å². The van der Waals surface area contributed by atoms with E-state index in [0.717, 1.165) is 0 Å². The summed E-state index contributed by atoms with van der Waals surface area (Å²) in [6, 6.07) is 6.24. The van der Waals surface area contributed by atoms with Crippen molar-refractivity contribution in [3.8, 4) is 5.75 Å². The molecule has 0 spiro atoms. The molecule has 1 radical (unpaired) electrons. The van der Waals surface area contributed by atoms with Crippen LogP contribution in [-0.2, 0) is 4.74 Å². The number of hydrogen-bond donors (Lipinski definition) is 1. The summed E-state index contributed by atoms with van der Waals surface area (Å²) in [4.78, 5) is 10.9. The van der Waals surface area contributed by atoms with Gasteiger partial charge in [0.05, 0.1) is 7.11 Å². The van der Waals surface area contributed by atoms with Crippen molar-refractivity contribution in [3.05, 3.63) is 29.8 Å². The first-order valence-corrected chi connectivity index (χ1v) is 3.12. The molecule has 0 fully saturated rings. The number of carbonyl (C=O) groups is 1. The largest absolute Gasteiger partial charge is 0.507 e. The number of esters is 1. The maximum absolute atomic E-state index is 10.9. The predicted molar refractivity (Wildman–Crippen MR) is 45.2 cm³/mol. The molecule has 1 aromatic carbocycles. The van der Waals surface area contributed by atoms with Gasteiger partial charge in [-0.15, -0.1) is 0 Å². The number of phenols is 1. The van der Waals surface area contributed by atoms with E-state index >= 15 is 0 Å². The van der Waals surface area contributed by atoms with Crippen LogP contribution in [0, 0.1) is 0 Å². The van der Waals surface area contributed by atoms with Crippen LogP contribution >= 0.6 is 0 Å². The van der Waals surface area contributed by atoms with E-state index in [2.05, 4.69) is 4.74 Å². The number of benzene rings is 1. The number of ether oxygens (including phenoxy) is 1. The van der Waals surface area contributed by atoms with Gasteiger partial charge in [0.1, 0.15) is 11.3 Å². The standard InChI is InChI=1S/C8H8O3.Na/c1-11-8(10)6-4-2-3-5-7(6)9;/h2-5,9H,1H3;. The van der Waals surface area contributed by atoms with E-state index < -0.39 is 5.97 Å². The van der Waals surface area contributed by atoms with Crippen molar-refractivity contribution in [2.75, 3.05) is 7.11 Å². The summed E-state index contributed by atoms with van der Waals surface area (Å²) >= 11 is 0. The number of rotatable bonds is 1. The van der Waals surface area contributed by atoms with Crippen molar-refractivity contribution < 1.29 is 14.6 Å². The Labute approximate surface area is 92.6 Å². The third-order valence-electron chi connectivity index (χ3n) is 1.31. The molecule has 1 N–H and O–H groups in total.